The Morgan fingerprint density at radius 2 is 1.62 bits per heavy atom. The molecule has 1 N–H and O–H groups in total. The molecule has 1 fully saturated rings. The van der Waals surface area contributed by atoms with Crippen LogP contribution in [-0.4, -0.2) is 64.3 Å². The molecule has 0 aromatic heterocycles. The van der Waals surface area contributed by atoms with Crippen LogP contribution in [0.25, 0.3) is 0 Å². The van der Waals surface area contributed by atoms with Crippen LogP contribution in [0.15, 0.2) is 12.2 Å². The van der Waals surface area contributed by atoms with Crippen LogP contribution < -0.4 is 0 Å². The minimum atomic E-state index is -4.82. The number of carbonyl (C=O) groups is 5. The quantitative estimate of drug-likeness (QED) is 0.425. The summed E-state index contributed by atoms with van der Waals surface area (Å²) < 4.78 is 31.9. The Labute approximate surface area is 135 Å². The van der Waals surface area contributed by atoms with E-state index in [0.29, 0.717) is 4.90 Å². The smallest absolute Gasteiger partial charge is 0.330 e. The molecule has 2 rings (SSSR count). The van der Waals surface area contributed by atoms with Crippen molar-refractivity contribution in [3.63, 3.8) is 0 Å². The molecule has 0 bridgehead atoms. The highest BCUT2D eigenvalue weighted by molar-refractivity contribution is 7.86. The molecule has 0 saturated carbocycles. The number of hydrogen-bond acceptors (Lipinski definition) is 8. The standard InChI is InChI=1S/C12H12N2O9S/c15-8-1-2-9(16)13(8)6-7(24(20,21)22)5-12(19)23-14-10(17)3-4-11(14)18/h1-2,7H,3-6H2,(H,20,21,22). The van der Waals surface area contributed by atoms with Crippen LogP contribution in [0, 0.1) is 0 Å². The van der Waals surface area contributed by atoms with Gasteiger partial charge >= 0.3 is 5.97 Å². The third kappa shape index (κ3) is 3.83. The number of hydrogen-bond donors (Lipinski definition) is 1. The summed E-state index contributed by atoms with van der Waals surface area (Å²) >= 11 is 0. The zero-order chi connectivity index (χ0) is 18.1. The molecule has 130 valence electrons. The molecule has 0 aliphatic carbocycles. The van der Waals surface area contributed by atoms with E-state index in [4.69, 9.17) is 0 Å². The molecule has 0 radical (unpaired) electrons. The largest absolute Gasteiger partial charge is 0.334 e. The van der Waals surface area contributed by atoms with Gasteiger partial charge in [-0.25, -0.2) is 4.79 Å². The van der Waals surface area contributed by atoms with Crippen molar-refractivity contribution >= 4 is 39.7 Å². The number of imide groups is 2. The van der Waals surface area contributed by atoms with Crippen LogP contribution in [0.2, 0.25) is 0 Å². The van der Waals surface area contributed by atoms with E-state index in [1.165, 1.54) is 0 Å². The van der Waals surface area contributed by atoms with E-state index in [0.717, 1.165) is 12.2 Å². The lowest BCUT2D eigenvalue weighted by Gasteiger charge is -2.20. The average Bonchev–Trinajstić information content (AvgIpc) is 2.95. The maximum absolute atomic E-state index is 11.7. The minimum Gasteiger partial charge on any atom is -0.330 e. The fourth-order valence-corrected chi connectivity index (χ4v) is 2.75. The van der Waals surface area contributed by atoms with E-state index in [9.17, 15) is 36.9 Å². The Kier molecular flexibility index (Phi) is 4.80. The summed E-state index contributed by atoms with van der Waals surface area (Å²) in [5.74, 6) is -4.40. The average molecular weight is 360 g/mol. The topological polar surface area (TPSA) is 155 Å². The van der Waals surface area contributed by atoms with Crippen LogP contribution in [0.5, 0.6) is 0 Å². The second-order valence-electron chi connectivity index (χ2n) is 5.01. The van der Waals surface area contributed by atoms with Gasteiger partial charge in [0, 0.05) is 31.5 Å². The zero-order valence-corrected chi connectivity index (χ0v) is 12.9. The van der Waals surface area contributed by atoms with Crippen molar-refractivity contribution in [2.24, 2.45) is 0 Å². The SMILES string of the molecule is O=C(CC(CN1C(=O)C=CC1=O)S(=O)(=O)O)ON1C(=O)CCC1=O. The number of carbonyl (C=O) groups excluding carboxylic acids is 5. The van der Waals surface area contributed by atoms with E-state index in [1.54, 1.807) is 0 Å². The molecule has 1 saturated heterocycles. The highest BCUT2D eigenvalue weighted by atomic mass is 32.2. The fourth-order valence-electron chi connectivity index (χ4n) is 2.06. The summed E-state index contributed by atoms with van der Waals surface area (Å²) in [5, 5.41) is -1.64. The lowest BCUT2D eigenvalue weighted by Crippen LogP contribution is -2.42. The first-order valence-corrected chi connectivity index (χ1v) is 8.16. The van der Waals surface area contributed by atoms with Gasteiger partial charge in [0.25, 0.3) is 33.7 Å². The van der Waals surface area contributed by atoms with Gasteiger partial charge in [-0.1, -0.05) is 0 Å². The summed E-state index contributed by atoms with van der Waals surface area (Å²) in [6, 6.07) is 0. The summed E-state index contributed by atoms with van der Waals surface area (Å²) in [5.41, 5.74) is 0. The molecule has 2 heterocycles. The number of amides is 4. The highest BCUT2D eigenvalue weighted by Gasteiger charge is 2.37. The van der Waals surface area contributed by atoms with Gasteiger partial charge in [-0.3, -0.25) is 28.6 Å². The summed E-state index contributed by atoms with van der Waals surface area (Å²) in [4.78, 5) is 62.3. The van der Waals surface area contributed by atoms with E-state index in [-0.39, 0.29) is 17.9 Å². The normalized spacial score (nSPS) is 19.4. The molecule has 4 amide bonds. The number of nitrogens with zero attached hydrogens (tertiary/aromatic N) is 2. The second kappa shape index (κ2) is 6.49. The molecular weight excluding hydrogens is 348 g/mol. The monoisotopic (exact) mass is 360 g/mol. The van der Waals surface area contributed by atoms with Crippen molar-refractivity contribution in [2.45, 2.75) is 24.5 Å². The van der Waals surface area contributed by atoms with Crippen molar-refractivity contribution < 1.29 is 41.8 Å². The van der Waals surface area contributed by atoms with Gasteiger partial charge in [-0.2, -0.15) is 8.42 Å². The maximum Gasteiger partial charge on any atom is 0.334 e. The first-order valence-electron chi connectivity index (χ1n) is 6.66. The predicted octanol–water partition coefficient (Wildman–Crippen LogP) is -1.83. The first-order chi connectivity index (χ1) is 11.1. The van der Waals surface area contributed by atoms with Gasteiger partial charge in [0.05, 0.1) is 6.42 Å². The molecule has 12 heteroatoms. The fraction of sp³-hybridized carbons (Fsp3) is 0.417. The molecule has 24 heavy (non-hydrogen) atoms. The van der Waals surface area contributed by atoms with Crippen LogP contribution in [0.4, 0.5) is 0 Å². The third-order valence-electron chi connectivity index (χ3n) is 3.30. The van der Waals surface area contributed by atoms with Crippen molar-refractivity contribution in [3.8, 4) is 0 Å². The molecule has 2 aliphatic heterocycles. The molecule has 1 atom stereocenters. The summed E-state index contributed by atoms with van der Waals surface area (Å²) in [6.07, 6.45) is 0.562. The van der Waals surface area contributed by atoms with Crippen molar-refractivity contribution in [2.75, 3.05) is 6.54 Å². The van der Waals surface area contributed by atoms with E-state index < -0.39 is 57.9 Å². The second-order valence-corrected chi connectivity index (χ2v) is 6.70. The van der Waals surface area contributed by atoms with Gasteiger partial charge in [-0.15, -0.1) is 5.06 Å². The molecule has 0 aromatic rings. The summed E-state index contributed by atoms with van der Waals surface area (Å²) in [6.45, 7) is -0.777. The molecule has 2 aliphatic rings. The Morgan fingerprint density at radius 1 is 1.12 bits per heavy atom. The lowest BCUT2D eigenvalue weighted by molar-refractivity contribution is -0.197. The number of rotatable bonds is 6. The van der Waals surface area contributed by atoms with Crippen LogP contribution in [-0.2, 0) is 38.9 Å². The van der Waals surface area contributed by atoms with E-state index in [1.807, 2.05) is 0 Å². The molecule has 1 unspecified atom stereocenters. The van der Waals surface area contributed by atoms with E-state index in [2.05, 4.69) is 4.84 Å². The minimum absolute atomic E-state index is 0.143. The maximum atomic E-state index is 11.7. The van der Waals surface area contributed by atoms with Crippen LogP contribution in [0.3, 0.4) is 0 Å². The van der Waals surface area contributed by atoms with Gasteiger partial charge in [0.15, 0.2) is 0 Å². The zero-order valence-electron chi connectivity index (χ0n) is 12.1. The van der Waals surface area contributed by atoms with Crippen LogP contribution >= 0.6 is 0 Å². The third-order valence-corrected chi connectivity index (χ3v) is 4.46. The van der Waals surface area contributed by atoms with Gasteiger partial charge in [0.1, 0.15) is 5.25 Å². The van der Waals surface area contributed by atoms with Crippen LogP contribution in [0.1, 0.15) is 19.3 Å². The molecule has 0 aromatic carbocycles. The molecule has 11 nitrogen and oxygen atoms in total. The van der Waals surface area contributed by atoms with Crippen molar-refractivity contribution in [1.29, 1.82) is 0 Å². The predicted molar refractivity (Wildman–Crippen MR) is 73.0 cm³/mol. The van der Waals surface area contributed by atoms with Gasteiger partial charge < -0.3 is 4.84 Å². The van der Waals surface area contributed by atoms with E-state index >= 15 is 0 Å². The molecular formula is C12H12N2O9S. The van der Waals surface area contributed by atoms with Crippen molar-refractivity contribution in [1.82, 2.24) is 9.96 Å². The highest BCUT2D eigenvalue weighted by Crippen LogP contribution is 2.16. The Morgan fingerprint density at radius 3 is 2.08 bits per heavy atom. The van der Waals surface area contributed by atoms with Crippen molar-refractivity contribution in [3.05, 3.63) is 12.2 Å². The Bertz CT molecular complexity index is 720. The molecule has 0 spiro atoms. The first kappa shape index (κ1) is 17.7. The van der Waals surface area contributed by atoms with Gasteiger partial charge in [-0.05, 0) is 0 Å². The van der Waals surface area contributed by atoms with Gasteiger partial charge in [0.2, 0.25) is 0 Å². The Hall–Kier alpha value is -2.60. The lowest BCUT2D eigenvalue weighted by atomic mass is 10.3. The summed E-state index contributed by atoms with van der Waals surface area (Å²) in [7, 11) is -4.82. The number of hydroxylamine groups is 2. The Balaban J connectivity index is 2.05.